The Kier molecular flexibility index (Phi) is 4.41. The van der Waals surface area contributed by atoms with Crippen molar-refractivity contribution >= 4 is 35.0 Å². The van der Waals surface area contributed by atoms with Gasteiger partial charge in [-0.25, -0.2) is 4.98 Å². The summed E-state index contributed by atoms with van der Waals surface area (Å²) in [6, 6.07) is 7.40. The van der Waals surface area contributed by atoms with Gasteiger partial charge in [-0.2, -0.15) is 4.98 Å². The smallest absolute Gasteiger partial charge is 0.278 e. The Morgan fingerprint density at radius 1 is 1.22 bits per heavy atom. The number of anilines is 2. The van der Waals surface area contributed by atoms with Crippen molar-refractivity contribution < 1.29 is 9.59 Å². The van der Waals surface area contributed by atoms with E-state index in [1.807, 2.05) is 12.1 Å². The number of rotatable bonds is 4. The van der Waals surface area contributed by atoms with E-state index in [4.69, 9.17) is 0 Å². The molecule has 1 aliphatic heterocycles. The lowest BCUT2D eigenvalue weighted by atomic mass is 9.95. The number of carbonyl (C=O) groups is 2. The van der Waals surface area contributed by atoms with Gasteiger partial charge in [0.2, 0.25) is 11.9 Å². The van der Waals surface area contributed by atoms with E-state index in [0.29, 0.717) is 18.4 Å². The predicted molar refractivity (Wildman–Crippen MR) is 99.9 cm³/mol. The Morgan fingerprint density at radius 3 is 2.67 bits per heavy atom. The summed E-state index contributed by atoms with van der Waals surface area (Å²) >= 11 is 0. The maximum absolute atomic E-state index is 12.5. The molecule has 3 heterocycles. The van der Waals surface area contributed by atoms with Gasteiger partial charge in [0.25, 0.3) is 5.56 Å². The lowest BCUT2D eigenvalue weighted by Crippen LogP contribution is -2.38. The van der Waals surface area contributed by atoms with Crippen LogP contribution in [0.1, 0.15) is 23.2 Å². The van der Waals surface area contributed by atoms with E-state index in [0.717, 1.165) is 25.1 Å². The number of amides is 1. The third-order valence-corrected chi connectivity index (χ3v) is 4.80. The number of nitrogens with zero attached hydrogens (tertiary/aromatic N) is 3. The minimum absolute atomic E-state index is 0.108. The summed E-state index contributed by atoms with van der Waals surface area (Å²) in [5, 5.41) is 2.69. The fourth-order valence-corrected chi connectivity index (χ4v) is 3.28. The summed E-state index contributed by atoms with van der Waals surface area (Å²) in [5.41, 5.74) is 1.85. The molecule has 1 amide bonds. The Morgan fingerprint density at radius 2 is 1.96 bits per heavy atom. The van der Waals surface area contributed by atoms with Crippen molar-refractivity contribution in [1.82, 2.24) is 19.9 Å². The molecule has 0 saturated carbocycles. The molecule has 27 heavy (non-hydrogen) atoms. The third-order valence-electron chi connectivity index (χ3n) is 4.80. The zero-order valence-corrected chi connectivity index (χ0v) is 14.4. The van der Waals surface area contributed by atoms with E-state index in [-0.39, 0.29) is 34.5 Å². The van der Waals surface area contributed by atoms with Gasteiger partial charge < -0.3 is 9.88 Å². The monoisotopic (exact) mass is 366 g/mol. The zero-order chi connectivity index (χ0) is 18.8. The normalized spacial score (nSPS) is 15.0. The molecule has 9 heteroatoms. The quantitative estimate of drug-likeness (QED) is 0.598. The van der Waals surface area contributed by atoms with E-state index in [2.05, 4.69) is 30.2 Å². The maximum Gasteiger partial charge on any atom is 0.278 e. The molecule has 0 bridgehead atoms. The van der Waals surface area contributed by atoms with Gasteiger partial charge in [0.15, 0.2) is 11.2 Å². The fourth-order valence-electron chi connectivity index (χ4n) is 3.28. The number of hydrogen-bond donors (Lipinski definition) is 3. The van der Waals surface area contributed by atoms with Gasteiger partial charge in [-0.05, 0) is 37.1 Å². The molecular formula is C18H18N6O3. The summed E-state index contributed by atoms with van der Waals surface area (Å²) in [6.45, 7) is 1.47. The van der Waals surface area contributed by atoms with Crippen molar-refractivity contribution in [3.63, 3.8) is 0 Å². The molecule has 1 aliphatic rings. The van der Waals surface area contributed by atoms with Crippen molar-refractivity contribution in [2.75, 3.05) is 23.3 Å². The second-order valence-electron chi connectivity index (χ2n) is 6.48. The SMILES string of the molecule is O=Cc1ccc(N2CCC(C(=O)Nc3nc4nc[nH]c4c(=O)[nH]3)CC2)cc1. The number of nitrogens with one attached hydrogen (secondary N) is 3. The molecule has 138 valence electrons. The van der Waals surface area contributed by atoms with Gasteiger partial charge in [0, 0.05) is 30.3 Å². The molecule has 1 fully saturated rings. The first-order valence-corrected chi connectivity index (χ1v) is 8.68. The number of piperidine rings is 1. The van der Waals surface area contributed by atoms with Gasteiger partial charge >= 0.3 is 0 Å². The van der Waals surface area contributed by atoms with Crippen LogP contribution >= 0.6 is 0 Å². The third kappa shape index (κ3) is 3.43. The number of aldehydes is 1. The Labute approximate surface area is 153 Å². The summed E-state index contributed by atoms with van der Waals surface area (Å²) in [5.74, 6) is -0.212. The number of carbonyl (C=O) groups excluding carboxylic acids is 2. The number of imidazole rings is 1. The van der Waals surface area contributed by atoms with Crippen LogP contribution in [0.3, 0.4) is 0 Å². The predicted octanol–water partition coefficient (Wildman–Crippen LogP) is 1.31. The number of aromatic nitrogens is 4. The zero-order valence-electron chi connectivity index (χ0n) is 14.4. The van der Waals surface area contributed by atoms with Crippen LogP contribution in [0, 0.1) is 5.92 Å². The molecule has 3 aromatic rings. The molecular weight excluding hydrogens is 348 g/mol. The highest BCUT2D eigenvalue weighted by Crippen LogP contribution is 2.24. The molecule has 1 aromatic carbocycles. The van der Waals surface area contributed by atoms with Crippen LogP contribution < -0.4 is 15.8 Å². The summed E-state index contributed by atoms with van der Waals surface area (Å²) in [7, 11) is 0. The first-order chi connectivity index (χ1) is 13.1. The van der Waals surface area contributed by atoms with Crippen LogP contribution in [-0.4, -0.2) is 45.2 Å². The van der Waals surface area contributed by atoms with E-state index >= 15 is 0 Å². The van der Waals surface area contributed by atoms with Crippen molar-refractivity contribution in [2.24, 2.45) is 5.92 Å². The topological polar surface area (TPSA) is 124 Å². The standard InChI is InChI=1S/C18H18N6O3/c25-9-11-1-3-13(4-2-11)24-7-5-12(6-8-24)16(26)22-18-21-15-14(17(27)23-18)19-10-20-15/h1-4,9-10,12H,5-8H2,(H3,19,20,21,22,23,26,27). The molecule has 0 spiro atoms. The highest BCUT2D eigenvalue weighted by atomic mass is 16.2. The number of fused-ring (bicyclic) bond motifs is 1. The minimum atomic E-state index is -0.374. The molecule has 3 N–H and O–H groups in total. The number of benzene rings is 1. The van der Waals surface area contributed by atoms with Gasteiger partial charge in [-0.3, -0.25) is 24.7 Å². The van der Waals surface area contributed by atoms with Crippen LogP contribution in [0.15, 0.2) is 35.4 Å². The van der Waals surface area contributed by atoms with Crippen LogP contribution in [0.25, 0.3) is 11.2 Å². The van der Waals surface area contributed by atoms with Gasteiger partial charge in [0.1, 0.15) is 6.29 Å². The molecule has 0 atom stereocenters. The molecule has 4 rings (SSSR count). The fraction of sp³-hybridized carbons (Fsp3) is 0.278. The molecule has 1 saturated heterocycles. The van der Waals surface area contributed by atoms with Gasteiger partial charge in [-0.15, -0.1) is 0 Å². The van der Waals surface area contributed by atoms with Crippen LogP contribution in [-0.2, 0) is 4.79 Å². The largest absolute Gasteiger partial charge is 0.371 e. The van der Waals surface area contributed by atoms with E-state index in [9.17, 15) is 14.4 Å². The minimum Gasteiger partial charge on any atom is -0.371 e. The Balaban J connectivity index is 1.39. The van der Waals surface area contributed by atoms with Crippen LogP contribution in [0.5, 0.6) is 0 Å². The van der Waals surface area contributed by atoms with Crippen molar-refractivity contribution in [3.8, 4) is 0 Å². The Hall–Kier alpha value is -3.49. The van der Waals surface area contributed by atoms with Crippen LogP contribution in [0.2, 0.25) is 0 Å². The molecule has 2 aromatic heterocycles. The lowest BCUT2D eigenvalue weighted by molar-refractivity contribution is -0.120. The first-order valence-electron chi connectivity index (χ1n) is 8.68. The van der Waals surface area contributed by atoms with E-state index < -0.39 is 0 Å². The number of H-pyrrole nitrogens is 2. The van der Waals surface area contributed by atoms with Gasteiger partial charge in [0.05, 0.1) is 6.33 Å². The molecule has 0 unspecified atom stereocenters. The molecule has 9 nitrogen and oxygen atoms in total. The van der Waals surface area contributed by atoms with E-state index in [1.54, 1.807) is 12.1 Å². The first kappa shape index (κ1) is 17.0. The second-order valence-corrected chi connectivity index (χ2v) is 6.48. The highest BCUT2D eigenvalue weighted by molar-refractivity contribution is 5.91. The van der Waals surface area contributed by atoms with Crippen molar-refractivity contribution in [2.45, 2.75) is 12.8 Å². The summed E-state index contributed by atoms with van der Waals surface area (Å²) in [4.78, 5) is 50.7. The number of hydrogen-bond acceptors (Lipinski definition) is 6. The lowest BCUT2D eigenvalue weighted by Gasteiger charge is -2.32. The average Bonchev–Trinajstić information content (AvgIpc) is 3.17. The summed E-state index contributed by atoms with van der Waals surface area (Å²) in [6.07, 6.45) is 3.58. The van der Waals surface area contributed by atoms with Crippen molar-refractivity contribution in [1.29, 1.82) is 0 Å². The second kappa shape index (κ2) is 7.02. The maximum atomic E-state index is 12.5. The Bertz CT molecular complexity index is 1030. The average molecular weight is 366 g/mol. The number of aromatic amines is 2. The summed E-state index contributed by atoms with van der Waals surface area (Å²) < 4.78 is 0. The van der Waals surface area contributed by atoms with Crippen LogP contribution in [0.4, 0.5) is 11.6 Å². The van der Waals surface area contributed by atoms with Gasteiger partial charge in [-0.1, -0.05) is 0 Å². The highest BCUT2D eigenvalue weighted by Gasteiger charge is 2.25. The molecule has 0 radical (unpaired) electrons. The van der Waals surface area contributed by atoms with Crippen molar-refractivity contribution in [3.05, 3.63) is 46.5 Å². The molecule has 0 aliphatic carbocycles. The van der Waals surface area contributed by atoms with E-state index in [1.165, 1.54) is 6.33 Å².